The number of nitrogens with zero attached hydrogens (tertiary/aromatic N) is 1. The van der Waals surface area contributed by atoms with Crippen LogP contribution in [0.25, 0.3) is 0 Å². The van der Waals surface area contributed by atoms with E-state index in [4.69, 9.17) is 4.74 Å². The van der Waals surface area contributed by atoms with Crippen molar-refractivity contribution in [2.24, 2.45) is 0 Å². The largest absolute Gasteiger partial charge is 0.479 e. The Hall–Kier alpha value is -2.48. The molecule has 1 saturated heterocycles. The molecule has 8 heteroatoms. The molecule has 8 nitrogen and oxygen atoms in total. The van der Waals surface area contributed by atoms with Gasteiger partial charge in [-0.25, -0.2) is 4.79 Å². The fraction of sp³-hybridized carbons (Fsp3) is 0.385. The van der Waals surface area contributed by atoms with Crippen LogP contribution in [0.3, 0.4) is 0 Å². The molecule has 0 aromatic heterocycles. The molecule has 0 aliphatic carbocycles. The van der Waals surface area contributed by atoms with Crippen LogP contribution in [0.5, 0.6) is 0 Å². The Bertz CT molecular complexity index is 585. The number of carboxylic acid groups (broad SMARTS) is 1. The van der Waals surface area contributed by atoms with Crippen molar-refractivity contribution in [3.05, 3.63) is 39.9 Å². The summed E-state index contributed by atoms with van der Waals surface area (Å²) in [5, 5.41) is 22.7. The zero-order valence-corrected chi connectivity index (χ0v) is 11.2. The van der Waals surface area contributed by atoms with Gasteiger partial charge in [0.15, 0.2) is 5.60 Å². The van der Waals surface area contributed by atoms with Crippen LogP contribution < -0.4 is 5.32 Å². The highest BCUT2D eigenvalue weighted by Crippen LogP contribution is 2.35. The van der Waals surface area contributed by atoms with Crippen molar-refractivity contribution in [3.8, 4) is 0 Å². The lowest BCUT2D eigenvalue weighted by atomic mass is 9.84. The summed E-state index contributed by atoms with van der Waals surface area (Å²) in [6.07, 6.45) is 0.143. The van der Waals surface area contributed by atoms with Crippen LogP contribution in [0.4, 0.5) is 5.69 Å². The highest BCUT2D eigenvalue weighted by atomic mass is 16.6. The number of nitro benzene ring substituents is 1. The van der Waals surface area contributed by atoms with E-state index < -0.39 is 28.4 Å². The summed E-state index contributed by atoms with van der Waals surface area (Å²) in [4.78, 5) is 33.2. The van der Waals surface area contributed by atoms with E-state index >= 15 is 0 Å². The Morgan fingerprint density at radius 3 is 2.62 bits per heavy atom. The van der Waals surface area contributed by atoms with Gasteiger partial charge in [0.25, 0.3) is 5.69 Å². The van der Waals surface area contributed by atoms with E-state index in [1.54, 1.807) is 6.92 Å². The quantitative estimate of drug-likeness (QED) is 0.632. The number of carbonyl (C=O) groups excluding carboxylic acids is 1. The predicted molar refractivity (Wildman–Crippen MR) is 70.6 cm³/mol. The highest BCUT2D eigenvalue weighted by molar-refractivity contribution is 5.85. The van der Waals surface area contributed by atoms with Gasteiger partial charge in [-0.2, -0.15) is 0 Å². The first-order valence-corrected chi connectivity index (χ1v) is 6.32. The van der Waals surface area contributed by atoms with Crippen molar-refractivity contribution in [1.29, 1.82) is 0 Å². The molecule has 0 saturated carbocycles. The van der Waals surface area contributed by atoms with Gasteiger partial charge in [0.2, 0.25) is 5.91 Å². The minimum atomic E-state index is -1.58. The lowest BCUT2D eigenvalue weighted by Gasteiger charge is -2.40. The molecule has 0 radical (unpaired) electrons. The Kier molecular flexibility index (Phi) is 3.90. The third-order valence-electron chi connectivity index (χ3n) is 3.56. The summed E-state index contributed by atoms with van der Waals surface area (Å²) < 4.78 is 5.29. The van der Waals surface area contributed by atoms with Crippen molar-refractivity contribution in [2.75, 3.05) is 6.61 Å². The van der Waals surface area contributed by atoms with Crippen molar-refractivity contribution in [1.82, 2.24) is 5.32 Å². The first kappa shape index (κ1) is 14.9. The Morgan fingerprint density at radius 2 is 2.14 bits per heavy atom. The average molecular weight is 294 g/mol. The third kappa shape index (κ3) is 2.57. The van der Waals surface area contributed by atoms with E-state index in [1.165, 1.54) is 24.3 Å². The predicted octanol–water partition coefficient (Wildman–Crippen LogP) is 1.02. The number of rotatable bonds is 4. The molecule has 1 fully saturated rings. The van der Waals surface area contributed by atoms with Crippen LogP contribution in [-0.4, -0.2) is 34.1 Å². The monoisotopic (exact) mass is 294 g/mol. The van der Waals surface area contributed by atoms with Crippen LogP contribution >= 0.6 is 0 Å². The molecule has 0 bridgehead atoms. The average Bonchev–Trinajstić information content (AvgIpc) is 2.47. The topological polar surface area (TPSA) is 119 Å². The summed E-state index contributed by atoms with van der Waals surface area (Å²) >= 11 is 0. The number of ether oxygens (including phenoxy) is 1. The minimum absolute atomic E-state index is 0.112. The number of aliphatic carboxylic acids is 1. The summed E-state index contributed by atoms with van der Waals surface area (Å²) in [6, 6.07) is 4.47. The van der Waals surface area contributed by atoms with Gasteiger partial charge in [-0.05, 0) is 12.0 Å². The smallest absolute Gasteiger partial charge is 0.338 e. The van der Waals surface area contributed by atoms with Gasteiger partial charge in [0, 0.05) is 12.1 Å². The van der Waals surface area contributed by atoms with Gasteiger partial charge in [-0.15, -0.1) is 0 Å². The van der Waals surface area contributed by atoms with Crippen molar-refractivity contribution >= 4 is 17.6 Å². The van der Waals surface area contributed by atoms with Gasteiger partial charge < -0.3 is 15.2 Å². The summed E-state index contributed by atoms with van der Waals surface area (Å²) in [7, 11) is 0. The van der Waals surface area contributed by atoms with Gasteiger partial charge in [0.1, 0.15) is 6.61 Å². The van der Waals surface area contributed by atoms with Crippen molar-refractivity contribution in [2.45, 2.75) is 25.0 Å². The maximum absolute atomic E-state index is 11.6. The maximum Gasteiger partial charge on any atom is 0.338 e. The molecule has 2 rings (SSSR count). The van der Waals surface area contributed by atoms with E-state index in [0.717, 1.165) is 0 Å². The van der Waals surface area contributed by atoms with E-state index in [-0.39, 0.29) is 18.7 Å². The molecule has 1 aliphatic heterocycles. The van der Waals surface area contributed by atoms with E-state index in [9.17, 15) is 24.8 Å². The Balaban J connectivity index is 2.42. The second kappa shape index (κ2) is 5.49. The maximum atomic E-state index is 11.6. The SMILES string of the molecule is CCC1(C(=O)O)OCC(=O)NC1c1ccc([N+](=O)[O-])cc1. The zero-order valence-electron chi connectivity index (χ0n) is 11.2. The number of carbonyl (C=O) groups is 2. The zero-order chi connectivity index (χ0) is 15.6. The first-order chi connectivity index (χ1) is 9.90. The van der Waals surface area contributed by atoms with E-state index in [1.807, 2.05) is 0 Å². The molecule has 21 heavy (non-hydrogen) atoms. The van der Waals surface area contributed by atoms with Gasteiger partial charge in [-0.1, -0.05) is 19.1 Å². The van der Waals surface area contributed by atoms with E-state index in [2.05, 4.69) is 5.32 Å². The highest BCUT2D eigenvalue weighted by Gasteiger charge is 2.50. The number of hydrogen-bond donors (Lipinski definition) is 2. The molecule has 2 unspecified atom stereocenters. The van der Waals surface area contributed by atoms with E-state index in [0.29, 0.717) is 5.56 Å². The van der Waals surface area contributed by atoms with Gasteiger partial charge in [-0.3, -0.25) is 14.9 Å². The molecule has 2 atom stereocenters. The van der Waals surface area contributed by atoms with Crippen LogP contribution in [0, 0.1) is 10.1 Å². The Labute approximate surface area is 119 Å². The summed E-state index contributed by atoms with van der Waals surface area (Å²) in [5.41, 5.74) is -1.25. The standard InChI is InChI=1S/C13H14N2O6/c1-2-13(12(17)18)11(14-10(16)7-21-13)8-3-5-9(6-4-8)15(19)20/h3-6,11H,2,7H2,1H3,(H,14,16)(H,17,18). The molecule has 1 heterocycles. The first-order valence-electron chi connectivity index (χ1n) is 6.32. The number of carboxylic acids is 1. The van der Waals surface area contributed by atoms with Crippen molar-refractivity contribution in [3.63, 3.8) is 0 Å². The lowest BCUT2D eigenvalue weighted by molar-refractivity contribution is -0.384. The molecular formula is C13H14N2O6. The van der Waals surface area contributed by atoms with Crippen LogP contribution in [-0.2, 0) is 14.3 Å². The molecular weight excluding hydrogens is 280 g/mol. The number of benzene rings is 1. The Morgan fingerprint density at radius 1 is 1.52 bits per heavy atom. The normalized spacial score (nSPS) is 25.2. The molecule has 2 N–H and O–H groups in total. The fourth-order valence-corrected chi connectivity index (χ4v) is 2.38. The molecule has 1 amide bonds. The number of non-ortho nitro benzene ring substituents is 1. The molecule has 0 spiro atoms. The molecule has 1 aliphatic rings. The van der Waals surface area contributed by atoms with Crippen LogP contribution in [0.2, 0.25) is 0 Å². The summed E-state index contributed by atoms with van der Waals surface area (Å²) in [5.74, 6) is -1.61. The molecule has 112 valence electrons. The number of amides is 1. The summed E-state index contributed by atoms with van der Waals surface area (Å²) in [6.45, 7) is 1.31. The van der Waals surface area contributed by atoms with Gasteiger partial charge >= 0.3 is 5.97 Å². The lowest BCUT2D eigenvalue weighted by Crippen LogP contribution is -2.58. The minimum Gasteiger partial charge on any atom is -0.479 e. The number of hydrogen-bond acceptors (Lipinski definition) is 5. The molecule has 1 aromatic rings. The van der Waals surface area contributed by atoms with Gasteiger partial charge in [0.05, 0.1) is 11.0 Å². The second-order valence-electron chi connectivity index (χ2n) is 4.69. The second-order valence-corrected chi connectivity index (χ2v) is 4.69. The number of nitrogens with one attached hydrogen (secondary N) is 1. The van der Waals surface area contributed by atoms with Crippen molar-refractivity contribution < 1.29 is 24.4 Å². The van der Waals surface area contributed by atoms with Crippen LogP contribution in [0.15, 0.2) is 24.3 Å². The number of morpholine rings is 1. The molecule has 1 aromatic carbocycles. The fourth-order valence-electron chi connectivity index (χ4n) is 2.38. The third-order valence-corrected chi connectivity index (χ3v) is 3.56. The van der Waals surface area contributed by atoms with Crippen LogP contribution in [0.1, 0.15) is 24.9 Å². The number of nitro groups is 1.